The fraction of sp³-hybridized carbons (Fsp3) is 0.0714. The zero-order chi connectivity index (χ0) is 13.8. The summed E-state index contributed by atoms with van der Waals surface area (Å²) < 4.78 is 0. The molecule has 0 aliphatic rings. The monoisotopic (exact) mass is 294 g/mol. The largest absolute Gasteiger partial charge is 0.548 e. The summed E-state index contributed by atoms with van der Waals surface area (Å²) in [5.74, 6) is -1.21. The van der Waals surface area contributed by atoms with Crippen molar-refractivity contribution in [3.8, 4) is 0 Å². The van der Waals surface area contributed by atoms with Crippen molar-refractivity contribution in [2.45, 2.75) is 6.04 Å². The second-order valence-electron chi connectivity index (χ2n) is 3.95. The van der Waals surface area contributed by atoms with Gasteiger partial charge in [-0.05, 0) is 42.0 Å². The summed E-state index contributed by atoms with van der Waals surface area (Å²) in [5.41, 5.74) is 1.22. The van der Waals surface area contributed by atoms with Crippen molar-refractivity contribution in [1.82, 2.24) is 0 Å². The van der Waals surface area contributed by atoms with Crippen LogP contribution in [0.5, 0.6) is 0 Å². The van der Waals surface area contributed by atoms with Gasteiger partial charge in [0.25, 0.3) is 0 Å². The van der Waals surface area contributed by atoms with E-state index in [1.165, 1.54) is 0 Å². The molecule has 0 heterocycles. The van der Waals surface area contributed by atoms with Crippen LogP contribution >= 0.6 is 23.2 Å². The molecule has 19 heavy (non-hydrogen) atoms. The van der Waals surface area contributed by atoms with Gasteiger partial charge in [-0.3, -0.25) is 0 Å². The van der Waals surface area contributed by atoms with Crippen LogP contribution in [0.3, 0.4) is 0 Å². The van der Waals surface area contributed by atoms with Gasteiger partial charge in [0.05, 0.1) is 12.0 Å². The van der Waals surface area contributed by atoms with Crippen LogP contribution in [0.1, 0.15) is 11.6 Å². The minimum Gasteiger partial charge on any atom is -0.548 e. The van der Waals surface area contributed by atoms with Crippen LogP contribution in [0, 0.1) is 0 Å². The quantitative estimate of drug-likeness (QED) is 0.943. The fourth-order valence-corrected chi connectivity index (χ4v) is 1.90. The number of benzene rings is 2. The Hall–Kier alpha value is -1.71. The van der Waals surface area contributed by atoms with Gasteiger partial charge in [0.2, 0.25) is 0 Å². The summed E-state index contributed by atoms with van der Waals surface area (Å²) in [6, 6.07) is 12.4. The van der Waals surface area contributed by atoms with Gasteiger partial charge in [-0.25, -0.2) is 0 Å². The third-order valence-corrected chi connectivity index (χ3v) is 3.10. The predicted octanol–water partition coefficient (Wildman–Crippen LogP) is 2.90. The molecule has 0 amide bonds. The number of carboxylic acid groups (broad SMARTS) is 1. The van der Waals surface area contributed by atoms with E-state index in [1.807, 2.05) is 0 Å². The Kier molecular flexibility index (Phi) is 4.30. The molecular formula is C14H10Cl2NO2-. The van der Waals surface area contributed by atoms with Crippen LogP contribution in [-0.4, -0.2) is 5.97 Å². The topological polar surface area (TPSA) is 52.2 Å². The van der Waals surface area contributed by atoms with Crippen LogP contribution in [0.4, 0.5) is 5.69 Å². The Morgan fingerprint density at radius 3 is 1.89 bits per heavy atom. The van der Waals surface area contributed by atoms with Gasteiger partial charge < -0.3 is 15.2 Å². The van der Waals surface area contributed by atoms with Gasteiger partial charge in [-0.2, -0.15) is 0 Å². The number of carbonyl (C=O) groups is 1. The minimum absolute atomic E-state index is 0.548. The third-order valence-electron chi connectivity index (χ3n) is 2.59. The maximum atomic E-state index is 11.2. The van der Waals surface area contributed by atoms with Crippen molar-refractivity contribution in [1.29, 1.82) is 0 Å². The third kappa shape index (κ3) is 3.63. The van der Waals surface area contributed by atoms with E-state index in [2.05, 4.69) is 5.32 Å². The van der Waals surface area contributed by atoms with Crippen LogP contribution in [0.15, 0.2) is 48.5 Å². The summed E-state index contributed by atoms with van der Waals surface area (Å²) in [6.45, 7) is 0. The van der Waals surface area contributed by atoms with Gasteiger partial charge in [-0.15, -0.1) is 0 Å². The summed E-state index contributed by atoms with van der Waals surface area (Å²) >= 11 is 11.5. The van der Waals surface area contributed by atoms with E-state index in [1.54, 1.807) is 48.5 Å². The van der Waals surface area contributed by atoms with Crippen LogP contribution in [-0.2, 0) is 4.79 Å². The molecule has 0 bridgehead atoms. The average Bonchev–Trinajstić information content (AvgIpc) is 2.39. The Balaban J connectivity index is 2.23. The van der Waals surface area contributed by atoms with E-state index in [-0.39, 0.29) is 0 Å². The van der Waals surface area contributed by atoms with Crippen LogP contribution < -0.4 is 10.4 Å². The molecule has 0 aromatic heterocycles. The summed E-state index contributed by atoms with van der Waals surface area (Å²) in [6.07, 6.45) is 0. The number of aliphatic carboxylic acids is 1. The van der Waals surface area contributed by atoms with Crippen molar-refractivity contribution >= 4 is 34.9 Å². The summed E-state index contributed by atoms with van der Waals surface area (Å²) in [4.78, 5) is 11.2. The smallest absolute Gasteiger partial charge is 0.0912 e. The number of nitrogens with one attached hydrogen (secondary N) is 1. The summed E-state index contributed by atoms with van der Waals surface area (Å²) in [7, 11) is 0. The Labute approximate surface area is 120 Å². The van der Waals surface area contributed by atoms with Gasteiger partial charge in [-0.1, -0.05) is 35.3 Å². The molecule has 0 radical (unpaired) electrons. The van der Waals surface area contributed by atoms with Crippen molar-refractivity contribution in [2.24, 2.45) is 0 Å². The number of hydrogen-bond acceptors (Lipinski definition) is 3. The van der Waals surface area contributed by atoms with E-state index < -0.39 is 12.0 Å². The highest BCUT2D eigenvalue weighted by molar-refractivity contribution is 6.30. The number of halogens is 2. The molecule has 98 valence electrons. The van der Waals surface area contributed by atoms with Crippen LogP contribution in [0.25, 0.3) is 0 Å². The van der Waals surface area contributed by atoms with E-state index >= 15 is 0 Å². The van der Waals surface area contributed by atoms with Gasteiger partial charge in [0.15, 0.2) is 0 Å². The second kappa shape index (κ2) is 5.95. The molecule has 0 aliphatic heterocycles. The molecule has 0 unspecified atom stereocenters. The van der Waals surface area contributed by atoms with E-state index in [4.69, 9.17) is 23.2 Å². The lowest BCUT2D eigenvalue weighted by molar-refractivity contribution is -0.307. The maximum absolute atomic E-state index is 11.2. The molecule has 1 N–H and O–H groups in total. The molecule has 0 aliphatic carbocycles. The van der Waals surface area contributed by atoms with Crippen molar-refractivity contribution in [3.05, 3.63) is 64.1 Å². The highest BCUT2D eigenvalue weighted by Gasteiger charge is 2.12. The molecule has 3 nitrogen and oxygen atoms in total. The van der Waals surface area contributed by atoms with E-state index in [0.717, 1.165) is 0 Å². The normalized spacial score (nSPS) is 11.9. The van der Waals surface area contributed by atoms with Gasteiger partial charge in [0.1, 0.15) is 0 Å². The first-order chi connectivity index (χ1) is 9.06. The number of carbonyl (C=O) groups excluding carboxylic acids is 1. The lowest BCUT2D eigenvalue weighted by Crippen LogP contribution is -2.34. The molecule has 0 saturated heterocycles. The molecule has 2 rings (SSSR count). The number of hydrogen-bond donors (Lipinski definition) is 1. The zero-order valence-corrected chi connectivity index (χ0v) is 11.3. The average molecular weight is 295 g/mol. The SMILES string of the molecule is O=C([O-])[C@@H](Nc1ccc(Cl)cc1)c1ccc(Cl)cc1. The van der Waals surface area contributed by atoms with E-state index in [9.17, 15) is 9.90 Å². The first-order valence-corrected chi connectivity index (χ1v) is 6.30. The highest BCUT2D eigenvalue weighted by atomic mass is 35.5. The van der Waals surface area contributed by atoms with Crippen molar-refractivity contribution in [3.63, 3.8) is 0 Å². The predicted molar refractivity (Wildman–Crippen MR) is 74.3 cm³/mol. The second-order valence-corrected chi connectivity index (χ2v) is 4.83. The molecule has 0 saturated carbocycles. The fourth-order valence-electron chi connectivity index (χ4n) is 1.65. The standard InChI is InChI=1S/C14H11Cl2NO2/c15-10-3-1-9(2-4-10)13(14(18)19)17-12-7-5-11(16)6-8-12/h1-8,13,17H,(H,18,19)/p-1/t13-/m0/s1. The first kappa shape index (κ1) is 13.7. The molecule has 0 fully saturated rings. The maximum Gasteiger partial charge on any atom is 0.0912 e. The highest BCUT2D eigenvalue weighted by Crippen LogP contribution is 2.22. The molecule has 1 atom stereocenters. The van der Waals surface area contributed by atoms with Crippen LogP contribution in [0.2, 0.25) is 10.0 Å². The Morgan fingerprint density at radius 2 is 1.42 bits per heavy atom. The van der Waals surface area contributed by atoms with Crippen molar-refractivity contribution < 1.29 is 9.90 Å². The molecular weight excluding hydrogens is 285 g/mol. The van der Waals surface area contributed by atoms with Crippen molar-refractivity contribution in [2.75, 3.05) is 5.32 Å². The number of anilines is 1. The zero-order valence-electron chi connectivity index (χ0n) is 9.77. The molecule has 0 spiro atoms. The van der Waals surface area contributed by atoms with Gasteiger partial charge >= 0.3 is 0 Å². The molecule has 2 aromatic carbocycles. The Bertz CT molecular complexity index is 567. The van der Waals surface area contributed by atoms with E-state index in [0.29, 0.717) is 21.3 Å². The lowest BCUT2D eigenvalue weighted by atomic mass is 10.1. The number of carboxylic acids is 1. The molecule has 5 heteroatoms. The minimum atomic E-state index is -1.21. The molecule has 2 aromatic rings. The van der Waals surface area contributed by atoms with Gasteiger partial charge in [0, 0.05) is 15.7 Å². The lowest BCUT2D eigenvalue weighted by Gasteiger charge is -2.21. The first-order valence-electron chi connectivity index (χ1n) is 5.54. The summed E-state index contributed by atoms with van der Waals surface area (Å²) in [5, 5.41) is 15.2. The number of rotatable bonds is 4. The Morgan fingerprint density at radius 1 is 0.947 bits per heavy atom.